The molecule has 0 bridgehead atoms. The van der Waals surface area contributed by atoms with Crippen LogP contribution in [0.15, 0.2) is 81.0 Å². The summed E-state index contributed by atoms with van der Waals surface area (Å²) in [5.41, 5.74) is 2.22. The number of aromatic nitrogens is 1. The lowest BCUT2D eigenvalue weighted by Crippen LogP contribution is -2.32. The molecule has 0 radical (unpaired) electrons. The standard InChI is InChI=1S/C28H20BrClN2O5S2/c1-36-20-12-15(4-11-19(20)37-13-14-2-7-17(30)8-3-14)21-22-24(38-25-23(21)39-28(35)31-25)27(34)32(26(22)33)18-9-5-16(29)6-10-18/h2-12,21-22,24H,13H2,1H3,(H,31,35). The first-order chi connectivity index (χ1) is 18.8. The van der Waals surface area contributed by atoms with Crippen molar-refractivity contribution in [1.82, 2.24) is 4.98 Å². The summed E-state index contributed by atoms with van der Waals surface area (Å²) in [5.74, 6) is -0.761. The number of imide groups is 1. The normalized spacial score (nSPS) is 20.1. The molecule has 3 aromatic carbocycles. The van der Waals surface area contributed by atoms with Gasteiger partial charge in [-0.3, -0.25) is 14.4 Å². The first-order valence-electron chi connectivity index (χ1n) is 11.9. The average Bonchev–Trinajstić information content (AvgIpc) is 3.43. The van der Waals surface area contributed by atoms with E-state index in [1.165, 1.54) is 16.7 Å². The molecule has 1 fully saturated rings. The number of halogens is 2. The van der Waals surface area contributed by atoms with E-state index in [1.807, 2.05) is 24.3 Å². The zero-order valence-electron chi connectivity index (χ0n) is 20.4. The van der Waals surface area contributed by atoms with Gasteiger partial charge >= 0.3 is 4.87 Å². The van der Waals surface area contributed by atoms with Gasteiger partial charge < -0.3 is 14.5 Å². The van der Waals surface area contributed by atoms with Crippen LogP contribution in [-0.4, -0.2) is 29.2 Å². The number of aromatic amines is 1. The number of ether oxygens (including phenoxy) is 2. The van der Waals surface area contributed by atoms with E-state index in [0.29, 0.717) is 33.8 Å². The lowest BCUT2D eigenvalue weighted by molar-refractivity contribution is -0.122. The zero-order valence-corrected chi connectivity index (χ0v) is 24.3. The molecule has 198 valence electrons. The summed E-state index contributed by atoms with van der Waals surface area (Å²) in [7, 11) is 1.55. The van der Waals surface area contributed by atoms with Crippen LogP contribution in [0.1, 0.15) is 21.9 Å². The van der Waals surface area contributed by atoms with Crippen molar-refractivity contribution in [2.45, 2.75) is 22.8 Å². The van der Waals surface area contributed by atoms with E-state index in [9.17, 15) is 14.4 Å². The minimum absolute atomic E-state index is 0.225. The Kier molecular flexibility index (Phi) is 7.05. The molecule has 4 aromatic rings. The van der Waals surface area contributed by atoms with Crippen LogP contribution in [0, 0.1) is 5.92 Å². The fraction of sp³-hybridized carbons (Fsp3) is 0.179. The molecule has 3 heterocycles. The van der Waals surface area contributed by atoms with Crippen molar-refractivity contribution in [3.05, 3.63) is 102 Å². The van der Waals surface area contributed by atoms with Crippen molar-refractivity contribution in [3.63, 3.8) is 0 Å². The Morgan fingerprint density at radius 1 is 0.974 bits per heavy atom. The van der Waals surface area contributed by atoms with E-state index in [1.54, 1.807) is 49.6 Å². The second-order valence-corrected chi connectivity index (χ2v) is 12.6. The van der Waals surface area contributed by atoms with Crippen LogP contribution in [0.5, 0.6) is 11.5 Å². The number of nitrogens with zero attached hydrogens (tertiary/aromatic N) is 1. The summed E-state index contributed by atoms with van der Waals surface area (Å²) in [5, 5.41) is 0.600. The summed E-state index contributed by atoms with van der Waals surface area (Å²) in [6.45, 7) is 0.316. The summed E-state index contributed by atoms with van der Waals surface area (Å²) >= 11 is 11.7. The monoisotopic (exact) mass is 642 g/mol. The minimum atomic E-state index is -0.685. The Bertz CT molecular complexity index is 1640. The Hall–Kier alpha value is -3.05. The predicted octanol–water partition coefficient (Wildman–Crippen LogP) is 6.24. The number of carbonyl (C=O) groups is 2. The highest BCUT2D eigenvalue weighted by atomic mass is 79.9. The van der Waals surface area contributed by atoms with Crippen molar-refractivity contribution >= 4 is 68.1 Å². The molecule has 0 spiro atoms. The van der Waals surface area contributed by atoms with Crippen LogP contribution in [0.2, 0.25) is 5.02 Å². The van der Waals surface area contributed by atoms with Crippen LogP contribution in [0.3, 0.4) is 0 Å². The number of nitrogens with one attached hydrogen (secondary N) is 1. The van der Waals surface area contributed by atoms with E-state index in [0.717, 1.165) is 31.8 Å². The molecule has 3 atom stereocenters. The number of fused-ring (bicyclic) bond motifs is 2. The van der Waals surface area contributed by atoms with E-state index in [2.05, 4.69) is 20.9 Å². The van der Waals surface area contributed by atoms with Gasteiger partial charge in [-0.1, -0.05) is 68.8 Å². The third-order valence-corrected chi connectivity index (χ3v) is 9.94. The van der Waals surface area contributed by atoms with Crippen molar-refractivity contribution in [2.75, 3.05) is 12.0 Å². The Morgan fingerprint density at radius 2 is 1.72 bits per heavy atom. The highest BCUT2D eigenvalue weighted by Gasteiger charge is 2.56. The molecule has 1 N–H and O–H groups in total. The Morgan fingerprint density at radius 3 is 2.44 bits per heavy atom. The lowest BCUT2D eigenvalue weighted by Gasteiger charge is -2.30. The summed E-state index contributed by atoms with van der Waals surface area (Å²) < 4.78 is 12.5. The number of amides is 2. The van der Waals surface area contributed by atoms with Crippen molar-refractivity contribution in [2.24, 2.45) is 5.92 Å². The fourth-order valence-corrected chi connectivity index (χ4v) is 7.86. The first-order valence-corrected chi connectivity index (χ1v) is 14.8. The van der Waals surface area contributed by atoms with Crippen LogP contribution in [0.25, 0.3) is 0 Å². The third-order valence-electron chi connectivity index (χ3n) is 6.76. The number of hydrogen-bond donors (Lipinski definition) is 1. The number of hydrogen-bond acceptors (Lipinski definition) is 7. The zero-order chi connectivity index (χ0) is 27.3. The molecule has 0 aliphatic carbocycles. The molecule has 3 unspecified atom stereocenters. The minimum Gasteiger partial charge on any atom is -0.493 e. The maximum Gasteiger partial charge on any atom is 0.305 e. The SMILES string of the molecule is COc1cc(C2c3sc(=O)[nH]c3SC3C(=O)N(c4ccc(Br)cc4)C(=O)C32)ccc1OCc1ccc(Cl)cc1. The molecule has 2 aliphatic rings. The van der Waals surface area contributed by atoms with Crippen molar-refractivity contribution in [3.8, 4) is 11.5 Å². The van der Waals surface area contributed by atoms with Crippen LogP contribution < -0.4 is 19.2 Å². The first kappa shape index (κ1) is 26.2. The molecule has 11 heteroatoms. The van der Waals surface area contributed by atoms with Gasteiger partial charge in [-0.15, -0.1) is 0 Å². The fourth-order valence-electron chi connectivity index (χ4n) is 4.96. The van der Waals surface area contributed by atoms with Crippen molar-refractivity contribution < 1.29 is 19.1 Å². The second-order valence-electron chi connectivity index (χ2n) is 9.06. The molecular formula is C28H20BrClN2O5S2. The van der Waals surface area contributed by atoms with E-state index >= 15 is 0 Å². The Balaban J connectivity index is 1.37. The van der Waals surface area contributed by atoms with Crippen LogP contribution in [0.4, 0.5) is 5.69 Å². The maximum atomic E-state index is 13.9. The highest BCUT2D eigenvalue weighted by Crippen LogP contribution is 2.53. The summed E-state index contributed by atoms with van der Waals surface area (Å²) in [4.78, 5) is 44.4. The van der Waals surface area contributed by atoms with Gasteiger partial charge in [-0.05, 0) is 59.7 Å². The number of benzene rings is 3. The van der Waals surface area contributed by atoms with Crippen LogP contribution >= 0.6 is 50.6 Å². The lowest BCUT2D eigenvalue weighted by atomic mass is 9.83. The van der Waals surface area contributed by atoms with Gasteiger partial charge in [0.25, 0.3) is 0 Å². The molecule has 2 amide bonds. The third kappa shape index (κ3) is 4.80. The number of anilines is 1. The van der Waals surface area contributed by atoms with E-state index < -0.39 is 17.1 Å². The number of H-pyrrole nitrogens is 1. The summed E-state index contributed by atoms with van der Waals surface area (Å²) in [6.07, 6.45) is 0. The molecule has 1 saturated heterocycles. The van der Waals surface area contributed by atoms with Crippen molar-refractivity contribution in [1.29, 1.82) is 0 Å². The van der Waals surface area contributed by atoms with Gasteiger partial charge in [0.2, 0.25) is 11.8 Å². The van der Waals surface area contributed by atoms with Gasteiger partial charge in [-0.2, -0.15) is 0 Å². The number of rotatable bonds is 6. The smallest absolute Gasteiger partial charge is 0.305 e. The second kappa shape index (κ2) is 10.5. The topological polar surface area (TPSA) is 88.7 Å². The summed E-state index contributed by atoms with van der Waals surface area (Å²) in [6, 6.07) is 19.9. The molecule has 6 rings (SSSR count). The maximum absolute atomic E-state index is 13.9. The number of methoxy groups -OCH3 is 1. The number of thiazole rings is 1. The quantitative estimate of drug-likeness (QED) is 0.251. The highest BCUT2D eigenvalue weighted by molar-refractivity contribution is 9.10. The average molecular weight is 644 g/mol. The van der Waals surface area contributed by atoms with Gasteiger partial charge in [0.15, 0.2) is 11.5 Å². The molecule has 0 saturated carbocycles. The van der Waals surface area contributed by atoms with Gasteiger partial charge in [-0.25, -0.2) is 4.90 Å². The predicted molar refractivity (Wildman–Crippen MR) is 155 cm³/mol. The largest absolute Gasteiger partial charge is 0.493 e. The number of carbonyl (C=O) groups excluding carboxylic acids is 2. The van der Waals surface area contributed by atoms with Gasteiger partial charge in [0.05, 0.1) is 23.7 Å². The number of thioether (sulfide) groups is 1. The van der Waals surface area contributed by atoms with E-state index in [4.69, 9.17) is 21.1 Å². The van der Waals surface area contributed by atoms with Gasteiger partial charge in [0.1, 0.15) is 11.9 Å². The molecule has 1 aromatic heterocycles. The molecule has 39 heavy (non-hydrogen) atoms. The van der Waals surface area contributed by atoms with E-state index in [-0.39, 0.29) is 16.7 Å². The van der Waals surface area contributed by atoms with Gasteiger partial charge in [0, 0.05) is 20.3 Å². The molecule has 7 nitrogen and oxygen atoms in total. The molecule has 2 aliphatic heterocycles. The Labute approximate surface area is 245 Å². The molecular weight excluding hydrogens is 624 g/mol. The van der Waals surface area contributed by atoms with Crippen LogP contribution in [-0.2, 0) is 16.2 Å².